The van der Waals surface area contributed by atoms with E-state index in [1.54, 1.807) is 55.7 Å². The fourth-order valence-corrected chi connectivity index (χ4v) is 5.91. The van der Waals surface area contributed by atoms with Crippen molar-refractivity contribution in [3.05, 3.63) is 117 Å². The summed E-state index contributed by atoms with van der Waals surface area (Å²) in [6.07, 6.45) is 13.9. The smallest absolute Gasteiger partial charge is 0.253 e. The zero-order valence-corrected chi connectivity index (χ0v) is 27.9. The van der Waals surface area contributed by atoms with Crippen LogP contribution >= 0.6 is 15.9 Å². The molecule has 0 atom stereocenters. The Bertz CT molecular complexity index is 2010. The zero-order chi connectivity index (χ0) is 33.6. The van der Waals surface area contributed by atoms with Crippen LogP contribution in [0, 0.1) is 6.92 Å². The molecule has 12 nitrogen and oxygen atoms in total. The fraction of sp³-hybridized carbons (Fsp3) is 0.229. The van der Waals surface area contributed by atoms with Gasteiger partial charge in [0, 0.05) is 60.9 Å². The normalized spacial score (nSPS) is 13.2. The maximum Gasteiger partial charge on any atom is 0.253 e. The summed E-state index contributed by atoms with van der Waals surface area (Å²) in [6, 6.07) is 9.66. The largest absolute Gasteiger partial charge is 0.485 e. The van der Waals surface area contributed by atoms with E-state index in [4.69, 9.17) is 9.47 Å². The summed E-state index contributed by atoms with van der Waals surface area (Å²) in [5.41, 5.74) is 7.49. The summed E-state index contributed by atoms with van der Waals surface area (Å²) in [6.45, 7) is 2.36. The maximum atomic E-state index is 12.0. The average Bonchev–Trinajstić information content (AvgIpc) is 3.09. The van der Waals surface area contributed by atoms with E-state index in [1.165, 1.54) is 0 Å². The van der Waals surface area contributed by atoms with E-state index in [9.17, 15) is 14.4 Å². The lowest BCUT2D eigenvalue weighted by Crippen LogP contribution is -2.20. The first-order valence-corrected chi connectivity index (χ1v) is 16.0. The minimum absolute atomic E-state index is 0.0178. The summed E-state index contributed by atoms with van der Waals surface area (Å²) < 4.78 is 14.3. The zero-order valence-electron chi connectivity index (χ0n) is 26.3. The lowest BCUT2D eigenvalue weighted by molar-refractivity contribution is -0.117. The minimum atomic E-state index is -0.0254. The second kappa shape index (κ2) is 14.6. The van der Waals surface area contributed by atoms with Crippen LogP contribution in [0.25, 0.3) is 11.1 Å². The topological polar surface area (TPSA) is 150 Å². The van der Waals surface area contributed by atoms with Crippen molar-refractivity contribution in [2.24, 2.45) is 7.05 Å². The van der Waals surface area contributed by atoms with Crippen molar-refractivity contribution in [1.82, 2.24) is 24.5 Å². The van der Waals surface area contributed by atoms with Crippen molar-refractivity contribution in [1.29, 1.82) is 0 Å². The molecule has 0 saturated carbocycles. The quantitative estimate of drug-likeness (QED) is 0.229. The number of aryl methyl sites for hydroxylation is 4. The Morgan fingerprint density at radius 2 is 1.29 bits per heavy atom. The molecule has 2 amide bonds. The Labute approximate surface area is 284 Å². The summed E-state index contributed by atoms with van der Waals surface area (Å²) in [7, 11) is 1.74. The van der Waals surface area contributed by atoms with Crippen LogP contribution in [0.2, 0.25) is 0 Å². The van der Waals surface area contributed by atoms with Crippen molar-refractivity contribution >= 4 is 39.1 Å². The van der Waals surface area contributed by atoms with Gasteiger partial charge in [-0.25, -0.2) is 0 Å². The number of pyridine rings is 1. The van der Waals surface area contributed by atoms with Gasteiger partial charge < -0.3 is 24.7 Å². The van der Waals surface area contributed by atoms with Gasteiger partial charge in [-0.05, 0) is 72.4 Å². The van der Waals surface area contributed by atoms with Gasteiger partial charge in [0.15, 0.2) is 0 Å². The first-order valence-electron chi connectivity index (χ1n) is 15.3. The molecular weight excluding hydrogens is 678 g/mol. The van der Waals surface area contributed by atoms with Gasteiger partial charge in [-0.15, -0.1) is 0 Å². The number of amides is 2. The molecule has 0 aliphatic carbocycles. The third-order valence-corrected chi connectivity index (χ3v) is 8.24. The van der Waals surface area contributed by atoms with Crippen LogP contribution in [0.15, 0.2) is 83.0 Å². The van der Waals surface area contributed by atoms with Gasteiger partial charge in [0.2, 0.25) is 11.8 Å². The molecule has 7 rings (SSSR count). The van der Waals surface area contributed by atoms with Crippen LogP contribution in [0.5, 0.6) is 11.5 Å². The number of halogens is 1. The van der Waals surface area contributed by atoms with E-state index in [-0.39, 0.29) is 24.0 Å². The summed E-state index contributed by atoms with van der Waals surface area (Å²) in [5, 5.41) is 5.79. The monoisotopic (exact) mass is 709 g/mol. The fourth-order valence-electron chi connectivity index (χ4n) is 5.43. The Morgan fingerprint density at radius 3 is 1.83 bits per heavy atom. The van der Waals surface area contributed by atoms with Crippen molar-refractivity contribution in [2.75, 3.05) is 10.6 Å². The lowest BCUT2D eigenvalue weighted by atomic mass is 9.96. The number of nitrogens with one attached hydrogen (secondary N) is 2. The molecular formula is C35H32BrN7O5. The first kappa shape index (κ1) is 32.5. The number of carbonyl (C=O) groups excluding carboxylic acids is 2. The van der Waals surface area contributed by atoms with Gasteiger partial charge >= 0.3 is 0 Å². The van der Waals surface area contributed by atoms with Crippen LogP contribution in [0.1, 0.15) is 40.9 Å². The molecule has 2 N–H and O–H groups in total. The molecule has 0 bridgehead atoms. The third kappa shape index (κ3) is 7.74. The molecule has 0 unspecified atom stereocenters. The number of anilines is 2. The average molecular weight is 711 g/mol. The number of aromatic nitrogens is 5. The van der Waals surface area contributed by atoms with E-state index in [0.717, 1.165) is 44.5 Å². The number of benzene rings is 2. The van der Waals surface area contributed by atoms with Crippen molar-refractivity contribution in [3.8, 4) is 22.6 Å². The van der Waals surface area contributed by atoms with Crippen molar-refractivity contribution in [3.63, 3.8) is 0 Å². The highest BCUT2D eigenvalue weighted by Crippen LogP contribution is 2.38. The van der Waals surface area contributed by atoms with E-state index < -0.39 is 0 Å². The van der Waals surface area contributed by atoms with Gasteiger partial charge in [-0.3, -0.25) is 34.3 Å². The van der Waals surface area contributed by atoms with Crippen molar-refractivity contribution in [2.45, 2.75) is 45.8 Å². The number of nitrogens with zero attached hydrogens (tertiary/aromatic N) is 5. The molecule has 48 heavy (non-hydrogen) atoms. The molecule has 0 radical (unpaired) electrons. The number of hydrogen-bond acceptors (Lipinski definition) is 9. The van der Waals surface area contributed by atoms with E-state index in [1.807, 2.05) is 36.5 Å². The maximum absolute atomic E-state index is 12.0. The first-order chi connectivity index (χ1) is 23.2. The van der Waals surface area contributed by atoms with Gasteiger partial charge in [-0.1, -0.05) is 15.9 Å². The summed E-state index contributed by atoms with van der Waals surface area (Å²) in [5.74, 6) is 1.22. The Morgan fingerprint density at radius 1 is 0.729 bits per heavy atom. The highest BCUT2D eigenvalue weighted by molar-refractivity contribution is 9.10. The van der Waals surface area contributed by atoms with Crippen molar-refractivity contribution < 1.29 is 19.1 Å². The highest BCUT2D eigenvalue weighted by Gasteiger charge is 2.22. The summed E-state index contributed by atoms with van der Waals surface area (Å²) >= 11 is 3.46. The molecule has 244 valence electrons. The van der Waals surface area contributed by atoms with Gasteiger partial charge in [-0.2, -0.15) is 0 Å². The predicted octanol–water partition coefficient (Wildman–Crippen LogP) is 5.32. The lowest BCUT2D eigenvalue weighted by Gasteiger charge is -2.22. The van der Waals surface area contributed by atoms with Crippen LogP contribution in [0.3, 0.4) is 0 Å². The second-order valence-corrected chi connectivity index (χ2v) is 12.3. The van der Waals surface area contributed by atoms with Crippen LogP contribution in [0.4, 0.5) is 11.4 Å². The molecule has 2 aliphatic heterocycles. The summed E-state index contributed by atoms with van der Waals surface area (Å²) in [4.78, 5) is 51.9. The predicted molar refractivity (Wildman–Crippen MR) is 183 cm³/mol. The second-order valence-electron chi connectivity index (χ2n) is 11.3. The Hall–Kier alpha value is -5.43. The number of hydrogen-bond donors (Lipinski definition) is 2. The molecule has 0 spiro atoms. The molecule has 2 aromatic carbocycles. The number of fused-ring (bicyclic) bond motifs is 2. The molecule has 0 fully saturated rings. The van der Waals surface area contributed by atoms with Gasteiger partial charge in [0.25, 0.3) is 5.56 Å². The molecule has 5 aromatic rings. The SMILES string of the molecule is Cc1cc(-c2cc3c(c(OCc4cnccn4)c2)NC(=O)CC3)cn(C)c1=O.O=C1CCc2cc(Br)cc(OCc3cnccn3)c2N1. The number of ether oxygens (including phenoxy) is 2. The number of carbonyl (C=O) groups is 2. The molecule has 2 aliphatic rings. The van der Waals surface area contributed by atoms with Crippen LogP contribution < -0.4 is 25.7 Å². The molecule has 5 heterocycles. The van der Waals surface area contributed by atoms with Gasteiger partial charge in [0.05, 0.1) is 35.2 Å². The minimum Gasteiger partial charge on any atom is -0.485 e. The van der Waals surface area contributed by atoms with E-state index in [0.29, 0.717) is 54.3 Å². The molecule has 13 heteroatoms. The Kier molecular flexibility index (Phi) is 9.86. The van der Waals surface area contributed by atoms with Crippen LogP contribution in [-0.2, 0) is 42.7 Å². The number of rotatable bonds is 7. The van der Waals surface area contributed by atoms with Gasteiger partial charge in [0.1, 0.15) is 24.7 Å². The standard InChI is InChI=1S/C21H20N4O3.C14H12BrN3O2/c1-13-7-16(11-25(2)21(13)27)15-8-14-3-4-19(26)24-20(14)18(9-15)28-12-17-10-22-5-6-23-17;15-10-5-9-1-2-13(19)18-14(9)12(6-10)20-8-11-7-16-3-4-17-11/h5-11H,3-4,12H2,1-2H3,(H,24,26);3-7H,1-2,8H2,(H,18,19). The van der Waals surface area contributed by atoms with Crippen LogP contribution in [-0.4, -0.2) is 36.3 Å². The molecule has 3 aromatic heterocycles. The highest BCUT2D eigenvalue weighted by atomic mass is 79.9. The third-order valence-electron chi connectivity index (χ3n) is 7.78. The van der Waals surface area contributed by atoms with E-state index >= 15 is 0 Å². The molecule has 0 saturated heterocycles. The Balaban J connectivity index is 0.000000177. The van der Waals surface area contributed by atoms with E-state index in [2.05, 4.69) is 46.5 Å².